The molecule has 0 aliphatic carbocycles. The van der Waals surface area contributed by atoms with E-state index in [4.69, 9.17) is 9.40 Å². The number of pyridine rings is 2. The van der Waals surface area contributed by atoms with Gasteiger partial charge in [0.15, 0.2) is 0 Å². The molecule has 0 amide bonds. The molecule has 0 unspecified atom stereocenters. The monoisotopic (exact) mass is 406 g/mol. The summed E-state index contributed by atoms with van der Waals surface area (Å²) in [5.41, 5.74) is 7.90. The lowest BCUT2D eigenvalue weighted by atomic mass is 10.1. The van der Waals surface area contributed by atoms with Crippen LogP contribution < -0.4 is 0 Å². The number of hydrogen-bond donors (Lipinski definition) is 0. The highest BCUT2D eigenvalue weighted by Gasteiger charge is 2.16. The molecule has 0 N–H and O–H groups in total. The summed E-state index contributed by atoms with van der Waals surface area (Å²) < 4.78 is 7.39. The zero-order valence-electron chi connectivity index (χ0n) is 16.6. The molecule has 0 aliphatic heterocycles. The second-order valence-corrected chi connectivity index (χ2v) is 8.61. The van der Waals surface area contributed by atoms with E-state index >= 15 is 0 Å². The van der Waals surface area contributed by atoms with Crippen LogP contribution >= 0.6 is 11.3 Å². The maximum atomic E-state index is 6.19. The molecule has 2 aromatic carbocycles. The Kier molecular flexibility index (Phi) is 3.77. The van der Waals surface area contributed by atoms with Crippen molar-refractivity contribution in [1.29, 1.82) is 0 Å². The van der Waals surface area contributed by atoms with Crippen LogP contribution in [0.25, 0.3) is 54.0 Å². The van der Waals surface area contributed by atoms with Crippen LogP contribution in [0.3, 0.4) is 0 Å². The van der Waals surface area contributed by atoms with E-state index in [0.29, 0.717) is 5.71 Å². The predicted octanol–water partition coefficient (Wildman–Crippen LogP) is 7.54. The first-order valence-electron chi connectivity index (χ1n) is 9.94. The van der Waals surface area contributed by atoms with Gasteiger partial charge in [-0.1, -0.05) is 42.5 Å². The number of thiophene rings is 1. The molecule has 144 valence electrons. The SMILES string of the molecule is Cc1ccc2c(n1)oc1c(-c3ccc4sc(-c5ccccc5)c(C)c4n3)cccc12. The average Bonchev–Trinajstić information content (AvgIpc) is 3.31. The standard InChI is InChI=1S/C26H18N2OS/c1-15-11-12-19-18-9-6-10-20(24(18)29-26(19)27-15)21-13-14-22-23(28-21)16(2)25(30-22)17-7-4-3-5-8-17/h3-14H,1-2H3. The molecule has 4 heterocycles. The van der Waals surface area contributed by atoms with E-state index in [9.17, 15) is 0 Å². The van der Waals surface area contributed by atoms with Gasteiger partial charge in [0.25, 0.3) is 0 Å². The van der Waals surface area contributed by atoms with Crippen LogP contribution in [0.5, 0.6) is 0 Å². The van der Waals surface area contributed by atoms with Crippen molar-refractivity contribution in [3.63, 3.8) is 0 Å². The van der Waals surface area contributed by atoms with Gasteiger partial charge in [-0.3, -0.25) is 0 Å². The molecule has 30 heavy (non-hydrogen) atoms. The first kappa shape index (κ1) is 17.4. The van der Waals surface area contributed by atoms with Crippen molar-refractivity contribution >= 4 is 43.6 Å². The molecule has 0 aliphatic rings. The van der Waals surface area contributed by atoms with Crippen molar-refractivity contribution in [2.45, 2.75) is 13.8 Å². The van der Waals surface area contributed by atoms with E-state index < -0.39 is 0 Å². The third kappa shape index (κ3) is 2.57. The number of furan rings is 1. The van der Waals surface area contributed by atoms with Crippen molar-refractivity contribution in [2.75, 3.05) is 0 Å². The van der Waals surface area contributed by atoms with E-state index in [-0.39, 0.29) is 0 Å². The van der Waals surface area contributed by atoms with Gasteiger partial charge < -0.3 is 4.42 Å². The van der Waals surface area contributed by atoms with Gasteiger partial charge in [0.1, 0.15) is 5.58 Å². The van der Waals surface area contributed by atoms with E-state index in [1.54, 1.807) is 11.3 Å². The van der Waals surface area contributed by atoms with Crippen molar-refractivity contribution in [3.8, 4) is 21.7 Å². The molecule has 0 bridgehead atoms. The highest BCUT2D eigenvalue weighted by molar-refractivity contribution is 7.22. The zero-order chi connectivity index (χ0) is 20.2. The molecule has 0 atom stereocenters. The topological polar surface area (TPSA) is 38.9 Å². The molecule has 0 saturated carbocycles. The molecule has 0 radical (unpaired) electrons. The quantitative estimate of drug-likeness (QED) is 0.298. The third-order valence-corrected chi connectivity index (χ3v) is 6.88. The first-order chi connectivity index (χ1) is 14.7. The Morgan fingerprint density at radius 1 is 0.767 bits per heavy atom. The van der Waals surface area contributed by atoms with Gasteiger partial charge in [-0.05, 0) is 55.3 Å². The van der Waals surface area contributed by atoms with E-state index in [1.807, 2.05) is 19.1 Å². The average molecular weight is 407 g/mol. The Bertz CT molecular complexity index is 1560. The van der Waals surface area contributed by atoms with Crippen LogP contribution in [0.4, 0.5) is 0 Å². The molecule has 0 fully saturated rings. The Morgan fingerprint density at radius 2 is 1.63 bits per heavy atom. The number of aromatic nitrogens is 2. The number of benzene rings is 2. The number of nitrogens with zero attached hydrogens (tertiary/aromatic N) is 2. The summed E-state index contributed by atoms with van der Waals surface area (Å²) in [6.07, 6.45) is 0. The summed E-state index contributed by atoms with van der Waals surface area (Å²) in [4.78, 5) is 10.9. The molecule has 6 rings (SSSR count). The van der Waals surface area contributed by atoms with Crippen LogP contribution in [0, 0.1) is 13.8 Å². The molecule has 0 spiro atoms. The van der Waals surface area contributed by atoms with Gasteiger partial charge in [-0.15, -0.1) is 11.3 Å². The maximum absolute atomic E-state index is 6.19. The van der Waals surface area contributed by atoms with Gasteiger partial charge in [0.05, 0.1) is 15.9 Å². The Balaban J connectivity index is 1.57. The van der Waals surface area contributed by atoms with Crippen LogP contribution in [0.2, 0.25) is 0 Å². The fourth-order valence-electron chi connectivity index (χ4n) is 4.08. The van der Waals surface area contributed by atoms with Crippen LogP contribution in [-0.4, -0.2) is 9.97 Å². The minimum absolute atomic E-state index is 0.677. The Labute approximate surface area is 177 Å². The fourth-order valence-corrected chi connectivity index (χ4v) is 5.23. The number of rotatable bonds is 2. The van der Waals surface area contributed by atoms with Gasteiger partial charge in [-0.25, -0.2) is 9.97 Å². The highest BCUT2D eigenvalue weighted by Crippen LogP contribution is 2.40. The lowest BCUT2D eigenvalue weighted by Gasteiger charge is -2.03. The zero-order valence-corrected chi connectivity index (χ0v) is 17.5. The number of fused-ring (bicyclic) bond motifs is 4. The smallest absolute Gasteiger partial charge is 0.227 e. The second-order valence-electron chi connectivity index (χ2n) is 7.56. The normalized spacial score (nSPS) is 11.7. The second kappa shape index (κ2) is 6.51. The molecule has 0 saturated heterocycles. The lowest BCUT2D eigenvalue weighted by Crippen LogP contribution is -1.85. The molecular formula is C26H18N2OS. The summed E-state index contributed by atoms with van der Waals surface area (Å²) >= 11 is 1.79. The summed E-state index contributed by atoms with van der Waals surface area (Å²) in [7, 11) is 0. The Hall–Kier alpha value is -3.50. The third-order valence-electron chi connectivity index (χ3n) is 5.58. The molecule has 4 aromatic heterocycles. The van der Waals surface area contributed by atoms with E-state index in [2.05, 4.69) is 72.6 Å². The highest BCUT2D eigenvalue weighted by atomic mass is 32.1. The minimum atomic E-state index is 0.677. The van der Waals surface area contributed by atoms with Gasteiger partial charge in [0, 0.05) is 26.9 Å². The first-order valence-corrected chi connectivity index (χ1v) is 10.8. The molecule has 3 nitrogen and oxygen atoms in total. The van der Waals surface area contributed by atoms with Crippen molar-refractivity contribution in [1.82, 2.24) is 9.97 Å². The van der Waals surface area contributed by atoms with Gasteiger partial charge in [-0.2, -0.15) is 0 Å². The maximum Gasteiger partial charge on any atom is 0.227 e. The molecule has 6 aromatic rings. The minimum Gasteiger partial charge on any atom is -0.437 e. The van der Waals surface area contributed by atoms with Crippen LogP contribution in [0.15, 0.2) is 77.2 Å². The molecule has 4 heteroatoms. The van der Waals surface area contributed by atoms with Crippen molar-refractivity contribution < 1.29 is 4.42 Å². The molecular weight excluding hydrogens is 388 g/mol. The number of hydrogen-bond acceptors (Lipinski definition) is 4. The van der Waals surface area contributed by atoms with Crippen LogP contribution in [-0.2, 0) is 0 Å². The van der Waals surface area contributed by atoms with Gasteiger partial charge in [0.2, 0.25) is 5.71 Å². The van der Waals surface area contributed by atoms with E-state index in [0.717, 1.165) is 38.8 Å². The summed E-state index contributed by atoms with van der Waals surface area (Å²) in [5.74, 6) is 0. The summed E-state index contributed by atoms with van der Waals surface area (Å²) in [5, 5.41) is 2.11. The van der Waals surface area contributed by atoms with Gasteiger partial charge >= 0.3 is 0 Å². The summed E-state index contributed by atoms with van der Waals surface area (Å²) in [6.45, 7) is 4.14. The van der Waals surface area contributed by atoms with E-state index in [1.165, 1.54) is 20.7 Å². The van der Waals surface area contributed by atoms with Crippen molar-refractivity contribution in [3.05, 3.63) is 84.1 Å². The number of para-hydroxylation sites is 1. The summed E-state index contributed by atoms with van der Waals surface area (Å²) in [6, 6.07) is 25.1. The number of aryl methyl sites for hydroxylation is 2. The fraction of sp³-hybridized carbons (Fsp3) is 0.0769. The largest absolute Gasteiger partial charge is 0.437 e. The van der Waals surface area contributed by atoms with Crippen molar-refractivity contribution in [2.24, 2.45) is 0 Å². The van der Waals surface area contributed by atoms with Crippen LogP contribution in [0.1, 0.15) is 11.3 Å². The predicted molar refractivity (Wildman–Crippen MR) is 125 cm³/mol. The Morgan fingerprint density at radius 3 is 2.50 bits per heavy atom. The lowest BCUT2D eigenvalue weighted by molar-refractivity contribution is 0.653.